The molecule has 2 nitrogen and oxygen atoms in total. The second kappa shape index (κ2) is 5.88. The first-order valence-electron chi connectivity index (χ1n) is 6.34. The average molecular weight is 247 g/mol. The Morgan fingerprint density at radius 3 is 3.17 bits per heavy atom. The molecule has 0 saturated carbocycles. The zero-order valence-electron chi connectivity index (χ0n) is 10.6. The summed E-state index contributed by atoms with van der Waals surface area (Å²) in [6, 6.07) is 5.01. The lowest BCUT2D eigenvalue weighted by atomic mass is 10.1. The standard InChI is InChI=1S/C15H18FNO/c1-3-5-13(4-2)17-10-14-9-11-8-12(16)6-7-15(11)18-14/h1,6-8,13-14,17H,4-5,9-10H2,2H3. The Hall–Kier alpha value is -1.53. The van der Waals surface area contributed by atoms with Gasteiger partial charge in [-0.3, -0.25) is 0 Å². The van der Waals surface area contributed by atoms with Crippen LogP contribution in [-0.2, 0) is 6.42 Å². The van der Waals surface area contributed by atoms with Gasteiger partial charge in [-0.2, -0.15) is 0 Å². The predicted molar refractivity (Wildman–Crippen MR) is 70.1 cm³/mol. The van der Waals surface area contributed by atoms with E-state index in [0.29, 0.717) is 6.04 Å². The fraction of sp³-hybridized carbons (Fsp3) is 0.467. The van der Waals surface area contributed by atoms with Gasteiger partial charge < -0.3 is 10.1 Å². The smallest absolute Gasteiger partial charge is 0.123 e. The number of benzene rings is 1. The topological polar surface area (TPSA) is 21.3 Å². The summed E-state index contributed by atoms with van der Waals surface area (Å²) < 4.78 is 18.8. The highest BCUT2D eigenvalue weighted by Crippen LogP contribution is 2.28. The summed E-state index contributed by atoms with van der Waals surface area (Å²) in [5.41, 5.74) is 0.951. The molecule has 0 aliphatic carbocycles. The Balaban J connectivity index is 1.86. The van der Waals surface area contributed by atoms with Gasteiger partial charge in [-0.1, -0.05) is 6.92 Å². The number of halogens is 1. The number of nitrogens with one attached hydrogen (secondary N) is 1. The molecule has 0 fully saturated rings. The molecule has 0 aromatic heterocycles. The van der Waals surface area contributed by atoms with Crippen LogP contribution in [0.1, 0.15) is 25.3 Å². The third-order valence-corrected chi connectivity index (χ3v) is 3.26. The fourth-order valence-corrected chi connectivity index (χ4v) is 2.20. The molecular weight excluding hydrogens is 229 g/mol. The van der Waals surface area contributed by atoms with Gasteiger partial charge in [0, 0.05) is 31.0 Å². The molecule has 0 spiro atoms. The molecule has 2 unspecified atom stereocenters. The molecule has 1 N–H and O–H groups in total. The average Bonchev–Trinajstić information content (AvgIpc) is 2.76. The molecule has 1 aliphatic rings. The zero-order valence-corrected chi connectivity index (χ0v) is 10.6. The molecule has 2 atom stereocenters. The van der Waals surface area contributed by atoms with Crippen molar-refractivity contribution < 1.29 is 9.13 Å². The largest absolute Gasteiger partial charge is 0.488 e. The van der Waals surface area contributed by atoms with Crippen LogP contribution in [-0.4, -0.2) is 18.7 Å². The summed E-state index contributed by atoms with van der Waals surface area (Å²) in [4.78, 5) is 0. The summed E-state index contributed by atoms with van der Waals surface area (Å²) in [7, 11) is 0. The van der Waals surface area contributed by atoms with E-state index >= 15 is 0 Å². The Morgan fingerprint density at radius 1 is 1.61 bits per heavy atom. The third kappa shape index (κ3) is 3.02. The van der Waals surface area contributed by atoms with Crippen LogP contribution >= 0.6 is 0 Å². The normalized spacial score (nSPS) is 18.8. The molecule has 0 radical (unpaired) electrons. The number of terminal acetylenes is 1. The van der Waals surface area contributed by atoms with Gasteiger partial charge in [0.05, 0.1) is 0 Å². The maximum absolute atomic E-state index is 13.1. The van der Waals surface area contributed by atoms with E-state index in [4.69, 9.17) is 11.2 Å². The number of hydrogen-bond acceptors (Lipinski definition) is 2. The molecule has 0 saturated heterocycles. The van der Waals surface area contributed by atoms with E-state index in [1.807, 2.05) is 0 Å². The van der Waals surface area contributed by atoms with Crippen LogP contribution in [0.2, 0.25) is 0 Å². The first kappa shape index (κ1) is 12.9. The minimum Gasteiger partial charge on any atom is -0.488 e. The van der Waals surface area contributed by atoms with Crippen LogP contribution in [0.5, 0.6) is 5.75 Å². The Bertz CT molecular complexity index is 452. The second-order valence-electron chi connectivity index (χ2n) is 4.62. The fourth-order valence-electron chi connectivity index (χ4n) is 2.20. The van der Waals surface area contributed by atoms with Crippen molar-refractivity contribution in [1.82, 2.24) is 5.32 Å². The van der Waals surface area contributed by atoms with Crippen LogP contribution in [0, 0.1) is 18.2 Å². The van der Waals surface area contributed by atoms with Gasteiger partial charge in [-0.15, -0.1) is 12.3 Å². The maximum atomic E-state index is 13.1. The summed E-state index contributed by atoms with van der Waals surface area (Å²) >= 11 is 0. The van der Waals surface area contributed by atoms with Crippen molar-refractivity contribution >= 4 is 0 Å². The monoisotopic (exact) mass is 247 g/mol. The van der Waals surface area contributed by atoms with Crippen molar-refractivity contribution in [2.45, 2.75) is 38.3 Å². The Morgan fingerprint density at radius 2 is 2.44 bits per heavy atom. The van der Waals surface area contributed by atoms with Crippen molar-refractivity contribution in [3.8, 4) is 18.1 Å². The second-order valence-corrected chi connectivity index (χ2v) is 4.62. The molecule has 1 aromatic carbocycles. The number of rotatable bonds is 5. The quantitative estimate of drug-likeness (QED) is 0.807. The summed E-state index contributed by atoms with van der Waals surface area (Å²) in [6.45, 7) is 2.85. The summed E-state index contributed by atoms with van der Waals surface area (Å²) in [5, 5.41) is 3.40. The van der Waals surface area contributed by atoms with E-state index in [9.17, 15) is 4.39 Å². The Labute approximate surface area is 108 Å². The minimum absolute atomic E-state index is 0.0774. The summed E-state index contributed by atoms with van der Waals surface area (Å²) in [5.74, 6) is 3.26. The first-order chi connectivity index (χ1) is 8.72. The van der Waals surface area contributed by atoms with Gasteiger partial charge in [0.1, 0.15) is 17.7 Å². The number of fused-ring (bicyclic) bond motifs is 1. The van der Waals surface area contributed by atoms with Crippen molar-refractivity contribution in [2.24, 2.45) is 0 Å². The number of ether oxygens (including phenoxy) is 1. The van der Waals surface area contributed by atoms with Gasteiger partial charge >= 0.3 is 0 Å². The van der Waals surface area contributed by atoms with Gasteiger partial charge in [0.25, 0.3) is 0 Å². The van der Waals surface area contributed by atoms with Crippen molar-refractivity contribution in [1.29, 1.82) is 0 Å². The van der Waals surface area contributed by atoms with Crippen molar-refractivity contribution in [3.05, 3.63) is 29.6 Å². The lowest BCUT2D eigenvalue weighted by Crippen LogP contribution is -2.36. The van der Waals surface area contributed by atoms with Gasteiger partial charge in [0.2, 0.25) is 0 Å². The van der Waals surface area contributed by atoms with E-state index in [0.717, 1.165) is 37.1 Å². The van der Waals surface area contributed by atoms with E-state index in [-0.39, 0.29) is 11.9 Å². The lowest BCUT2D eigenvalue weighted by molar-refractivity contribution is 0.220. The molecular formula is C15H18FNO. The lowest BCUT2D eigenvalue weighted by Gasteiger charge is -2.17. The van der Waals surface area contributed by atoms with E-state index in [1.165, 1.54) is 6.07 Å². The van der Waals surface area contributed by atoms with E-state index < -0.39 is 0 Å². The molecule has 1 aliphatic heterocycles. The molecule has 96 valence electrons. The van der Waals surface area contributed by atoms with Crippen LogP contribution in [0.3, 0.4) is 0 Å². The molecule has 18 heavy (non-hydrogen) atoms. The highest BCUT2D eigenvalue weighted by atomic mass is 19.1. The molecule has 0 bridgehead atoms. The zero-order chi connectivity index (χ0) is 13.0. The molecule has 0 amide bonds. The highest BCUT2D eigenvalue weighted by Gasteiger charge is 2.23. The van der Waals surface area contributed by atoms with Gasteiger partial charge in [-0.25, -0.2) is 4.39 Å². The minimum atomic E-state index is -0.204. The summed E-state index contributed by atoms with van der Waals surface area (Å²) in [6.07, 6.45) is 7.87. The highest BCUT2D eigenvalue weighted by molar-refractivity contribution is 5.37. The Kier molecular flexibility index (Phi) is 4.22. The maximum Gasteiger partial charge on any atom is 0.123 e. The molecule has 1 heterocycles. The first-order valence-corrected chi connectivity index (χ1v) is 6.34. The number of hydrogen-bond donors (Lipinski definition) is 1. The predicted octanol–water partition coefficient (Wildman–Crippen LogP) is 2.52. The third-order valence-electron chi connectivity index (χ3n) is 3.26. The van der Waals surface area contributed by atoms with Crippen LogP contribution in [0.25, 0.3) is 0 Å². The van der Waals surface area contributed by atoms with Crippen molar-refractivity contribution in [2.75, 3.05) is 6.54 Å². The molecule has 3 heteroatoms. The van der Waals surface area contributed by atoms with Crippen LogP contribution in [0.15, 0.2) is 18.2 Å². The van der Waals surface area contributed by atoms with Crippen LogP contribution < -0.4 is 10.1 Å². The van der Waals surface area contributed by atoms with E-state index in [1.54, 1.807) is 12.1 Å². The van der Waals surface area contributed by atoms with Crippen LogP contribution in [0.4, 0.5) is 4.39 Å². The van der Waals surface area contributed by atoms with E-state index in [2.05, 4.69) is 18.2 Å². The van der Waals surface area contributed by atoms with Crippen molar-refractivity contribution in [3.63, 3.8) is 0 Å². The molecule has 1 aromatic rings. The molecule has 2 rings (SSSR count). The van der Waals surface area contributed by atoms with Gasteiger partial charge in [-0.05, 0) is 24.6 Å². The SMILES string of the molecule is C#CCC(CC)NCC1Cc2cc(F)ccc2O1. The van der Waals surface area contributed by atoms with Gasteiger partial charge in [0.15, 0.2) is 0 Å².